The van der Waals surface area contributed by atoms with Gasteiger partial charge >= 0.3 is 0 Å². The molecule has 0 bridgehead atoms. The molecule has 0 radical (unpaired) electrons. The first-order valence-corrected chi connectivity index (χ1v) is 4.53. The van der Waals surface area contributed by atoms with E-state index in [1.807, 2.05) is 22.6 Å². The van der Waals surface area contributed by atoms with Gasteiger partial charge in [0, 0.05) is 34.9 Å². The zero-order chi connectivity index (χ0) is 8.27. The molecule has 0 aliphatic rings. The summed E-state index contributed by atoms with van der Waals surface area (Å²) in [7, 11) is 0. The highest BCUT2D eigenvalue weighted by atomic mass is 127. The summed E-state index contributed by atoms with van der Waals surface area (Å²) in [6, 6.07) is 1.65. The molecule has 1 aromatic heterocycles. The molecule has 0 saturated carbocycles. The summed E-state index contributed by atoms with van der Waals surface area (Å²) in [5.41, 5.74) is 0. The quantitative estimate of drug-likeness (QED) is 0.452. The van der Waals surface area contributed by atoms with Gasteiger partial charge in [-0.15, -0.1) is 0 Å². The van der Waals surface area contributed by atoms with Crippen molar-refractivity contribution in [1.82, 2.24) is 4.98 Å². The van der Waals surface area contributed by atoms with Crippen LogP contribution in [0.15, 0.2) is 18.5 Å². The second-order valence-electron chi connectivity index (χ2n) is 1.68. The van der Waals surface area contributed by atoms with E-state index in [4.69, 9.17) is 28.6 Å². The van der Waals surface area contributed by atoms with Crippen LogP contribution in [0.25, 0.3) is 0 Å². The first kappa shape index (κ1) is 9.15. The number of aromatic nitrogens is 1. The third-order valence-electron chi connectivity index (χ3n) is 0.878. The van der Waals surface area contributed by atoms with Crippen molar-refractivity contribution in [3.8, 4) is 5.75 Å². The molecule has 2 nitrogen and oxygen atoms in total. The largest absolute Gasteiger partial charge is 0.439 e. The highest BCUT2D eigenvalue weighted by Gasteiger charge is 1.96. The predicted octanol–water partition coefficient (Wildman–Crippen LogP) is 2.83. The van der Waals surface area contributed by atoms with Crippen LogP contribution in [0.4, 0.5) is 0 Å². The van der Waals surface area contributed by atoms with Crippen LogP contribution in [0.5, 0.6) is 5.75 Å². The molecule has 0 spiro atoms. The zero-order valence-corrected chi connectivity index (χ0v) is 8.98. The van der Waals surface area contributed by atoms with Gasteiger partial charge in [-0.3, -0.25) is 4.98 Å². The van der Waals surface area contributed by atoms with E-state index < -0.39 is 0 Å². The Balaban J connectivity index is 2.79. The summed E-state index contributed by atoms with van der Waals surface area (Å²) in [5.74, 6) is 0.567. The summed E-state index contributed by atoms with van der Waals surface area (Å²) in [6.07, 6.45) is 3.08. The van der Waals surface area contributed by atoms with E-state index in [1.165, 1.54) is 6.20 Å². The molecule has 0 saturated heterocycles. The van der Waals surface area contributed by atoms with Gasteiger partial charge in [0.1, 0.15) is 5.75 Å². The Bertz CT molecular complexity index is 281. The van der Waals surface area contributed by atoms with Crippen molar-refractivity contribution < 1.29 is 4.74 Å². The van der Waals surface area contributed by atoms with Crippen LogP contribution in [0, 0.1) is 0 Å². The average Bonchev–Trinajstić information content (AvgIpc) is 1.85. The molecule has 0 fully saturated rings. The van der Waals surface area contributed by atoms with Gasteiger partial charge in [-0.25, -0.2) is 0 Å². The molecule has 0 atom stereocenters. The third kappa shape index (κ3) is 3.31. The highest BCUT2D eigenvalue weighted by Crippen LogP contribution is 2.16. The van der Waals surface area contributed by atoms with Gasteiger partial charge in [-0.1, -0.05) is 11.6 Å². The number of hydrogen-bond acceptors (Lipinski definition) is 3. The number of ether oxygens (including phenoxy) is 1. The standard InChI is InChI=1S/C6H3ClINOS/c7-4-1-5(3-9-2-4)10-6(8)11/h1-3H. The van der Waals surface area contributed by atoms with Crippen LogP contribution in [-0.4, -0.2) is 8.04 Å². The third-order valence-corrected chi connectivity index (χ3v) is 1.39. The van der Waals surface area contributed by atoms with E-state index in [0.717, 1.165) is 0 Å². The minimum Gasteiger partial charge on any atom is -0.439 e. The van der Waals surface area contributed by atoms with Gasteiger partial charge in [0.2, 0.25) is 3.06 Å². The van der Waals surface area contributed by atoms with Crippen LogP contribution >= 0.6 is 46.4 Å². The van der Waals surface area contributed by atoms with E-state index in [1.54, 1.807) is 12.3 Å². The van der Waals surface area contributed by atoms with Gasteiger partial charge < -0.3 is 4.74 Å². The number of nitrogens with zero attached hydrogens (tertiary/aromatic N) is 1. The second-order valence-corrected chi connectivity index (χ2v) is 4.20. The maximum absolute atomic E-state index is 5.64. The fraction of sp³-hybridized carbons (Fsp3) is 0. The van der Waals surface area contributed by atoms with Crippen LogP contribution in [0.3, 0.4) is 0 Å². The number of pyridine rings is 1. The lowest BCUT2D eigenvalue weighted by molar-refractivity contribution is 0.579. The second kappa shape index (κ2) is 4.18. The van der Waals surface area contributed by atoms with Crippen molar-refractivity contribution >= 4 is 49.5 Å². The Labute approximate surface area is 88.1 Å². The lowest BCUT2D eigenvalue weighted by Crippen LogP contribution is -1.94. The van der Waals surface area contributed by atoms with Crippen molar-refractivity contribution in [1.29, 1.82) is 0 Å². The van der Waals surface area contributed by atoms with Crippen molar-refractivity contribution in [3.05, 3.63) is 23.5 Å². The molecule has 0 aromatic carbocycles. The van der Waals surface area contributed by atoms with Gasteiger partial charge in [0.25, 0.3) is 0 Å². The van der Waals surface area contributed by atoms with E-state index >= 15 is 0 Å². The van der Waals surface area contributed by atoms with Gasteiger partial charge in [-0.2, -0.15) is 0 Å². The number of thiocarbonyl (C=S) groups is 1. The molecule has 0 aliphatic heterocycles. The number of hydrogen-bond donors (Lipinski definition) is 0. The van der Waals surface area contributed by atoms with Crippen molar-refractivity contribution in [3.63, 3.8) is 0 Å². The normalized spacial score (nSPS) is 9.27. The Morgan fingerprint density at radius 1 is 1.64 bits per heavy atom. The van der Waals surface area contributed by atoms with Crippen molar-refractivity contribution in [2.75, 3.05) is 0 Å². The first-order valence-electron chi connectivity index (χ1n) is 2.66. The molecular formula is C6H3ClINOS. The fourth-order valence-electron chi connectivity index (χ4n) is 0.541. The monoisotopic (exact) mass is 299 g/mol. The van der Waals surface area contributed by atoms with E-state index in [-0.39, 0.29) is 0 Å². The van der Waals surface area contributed by atoms with Gasteiger partial charge in [-0.05, 0) is 12.2 Å². The first-order chi connectivity index (χ1) is 5.18. The Kier molecular flexibility index (Phi) is 3.47. The molecule has 1 heterocycles. The lowest BCUT2D eigenvalue weighted by atomic mass is 10.5. The van der Waals surface area contributed by atoms with Crippen LogP contribution in [0.2, 0.25) is 5.02 Å². The molecule has 11 heavy (non-hydrogen) atoms. The summed E-state index contributed by atoms with van der Waals surface area (Å²) in [4.78, 5) is 3.82. The molecule has 5 heteroatoms. The molecule has 1 aromatic rings. The Morgan fingerprint density at radius 3 is 2.91 bits per heavy atom. The highest BCUT2D eigenvalue weighted by molar-refractivity contribution is 14.1. The lowest BCUT2D eigenvalue weighted by Gasteiger charge is -1.99. The van der Waals surface area contributed by atoms with E-state index in [9.17, 15) is 0 Å². The summed E-state index contributed by atoms with van der Waals surface area (Å²) >= 11 is 12.3. The smallest absolute Gasteiger partial charge is 0.228 e. The summed E-state index contributed by atoms with van der Waals surface area (Å²) in [6.45, 7) is 0. The van der Waals surface area contributed by atoms with Crippen LogP contribution in [0.1, 0.15) is 0 Å². The van der Waals surface area contributed by atoms with Crippen LogP contribution < -0.4 is 4.74 Å². The van der Waals surface area contributed by atoms with Gasteiger partial charge in [0.05, 0.1) is 11.2 Å². The van der Waals surface area contributed by atoms with E-state index in [0.29, 0.717) is 13.8 Å². The minimum atomic E-state index is 0.423. The maximum atomic E-state index is 5.64. The molecule has 0 N–H and O–H groups in total. The van der Waals surface area contributed by atoms with Crippen LogP contribution in [-0.2, 0) is 0 Å². The predicted molar refractivity (Wildman–Crippen MR) is 56.5 cm³/mol. The van der Waals surface area contributed by atoms with Crippen molar-refractivity contribution in [2.45, 2.75) is 0 Å². The molecule has 0 aliphatic carbocycles. The summed E-state index contributed by atoms with van der Waals surface area (Å²) < 4.78 is 5.49. The average molecular weight is 300 g/mol. The molecule has 0 unspecified atom stereocenters. The molecule has 58 valence electrons. The Morgan fingerprint density at radius 2 is 2.36 bits per heavy atom. The SMILES string of the molecule is S=C(I)Oc1cncc(Cl)c1. The number of halogens is 2. The van der Waals surface area contributed by atoms with Crippen molar-refractivity contribution in [2.24, 2.45) is 0 Å². The van der Waals surface area contributed by atoms with E-state index in [2.05, 4.69) is 4.98 Å². The number of rotatable bonds is 1. The molecular weight excluding hydrogens is 296 g/mol. The topological polar surface area (TPSA) is 22.1 Å². The molecule has 0 amide bonds. The fourth-order valence-corrected chi connectivity index (χ4v) is 1.06. The minimum absolute atomic E-state index is 0.423. The maximum Gasteiger partial charge on any atom is 0.228 e. The van der Waals surface area contributed by atoms with Gasteiger partial charge in [0.15, 0.2) is 0 Å². The Hall–Kier alpha value is 0.0600. The molecule has 1 rings (SSSR count). The summed E-state index contributed by atoms with van der Waals surface area (Å²) in [5, 5.41) is 0.537. The zero-order valence-electron chi connectivity index (χ0n) is 5.25.